The van der Waals surface area contributed by atoms with Gasteiger partial charge in [0.15, 0.2) is 0 Å². The highest BCUT2D eigenvalue weighted by molar-refractivity contribution is 6.07. The van der Waals surface area contributed by atoms with Crippen molar-refractivity contribution in [1.29, 1.82) is 0 Å². The Balaban J connectivity index is 1.85. The molecule has 0 saturated carbocycles. The van der Waals surface area contributed by atoms with Crippen LogP contribution in [0.3, 0.4) is 0 Å². The van der Waals surface area contributed by atoms with Gasteiger partial charge in [0.2, 0.25) is 0 Å². The van der Waals surface area contributed by atoms with Crippen LogP contribution < -0.4 is 16.4 Å². The number of carbonyl (C=O) groups is 2. The van der Waals surface area contributed by atoms with Crippen LogP contribution in [0.5, 0.6) is 0 Å². The summed E-state index contributed by atoms with van der Waals surface area (Å²) < 4.78 is 45.5. The molecular weight excluding hydrogens is 435 g/mol. The summed E-state index contributed by atoms with van der Waals surface area (Å²) in [5.41, 5.74) is 6.11. The lowest BCUT2D eigenvalue weighted by molar-refractivity contribution is -0.137. The normalized spacial score (nSPS) is 11.1. The van der Waals surface area contributed by atoms with Gasteiger partial charge in [-0.1, -0.05) is 42.5 Å². The molecule has 0 fully saturated rings. The average molecular weight is 457 g/mol. The number of nitrogens with two attached hydrogens (primary N) is 1. The smallest absolute Gasteiger partial charge is 0.416 e. The third kappa shape index (κ3) is 6.33. The first-order chi connectivity index (χ1) is 15.7. The summed E-state index contributed by atoms with van der Waals surface area (Å²) in [7, 11) is 0. The van der Waals surface area contributed by atoms with E-state index >= 15 is 0 Å². The molecule has 0 unspecified atom stereocenters. The Morgan fingerprint density at radius 1 is 0.939 bits per heavy atom. The van der Waals surface area contributed by atoms with Crippen LogP contribution in [-0.2, 0) is 24.1 Å². The molecule has 0 bridgehead atoms. The van der Waals surface area contributed by atoms with Crippen LogP contribution in [0, 0.1) is 6.92 Å². The van der Waals surface area contributed by atoms with Crippen LogP contribution in [0.25, 0.3) is 0 Å². The second-order valence-corrected chi connectivity index (χ2v) is 7.24. The van der Waals surface area contributed by atoms with Gasteiger partial charge in [0.25, 0.3) is 5.91 Å². The molecule has 0 aliphatic rings. The SMILES string of the molecule is Cc1c(NC(=O)OCc2ccccc2)cc(C(F)(F)F)cc1C(=O)Nc1cccc(CN)c1. The molecule has 33 heavy (non-hydrogen) atoms. The maximum Gasteiger partial charge on any atom is 0.416 e. The Bertz CT molecular complexity index is 1150. The van der Waals surface area contributed by atoms with E-state index in [4.69, 9.17) is 10.5 Å². The molecule has 0 atom stereocenters. The van der Waals surface area contributed by atoms with Crippen molar-refractivity contribution >= 4 is 23.4 Å². The molecule has 3 rings (SSSR count). The van der Waals surface area contributed by atoms with Gasteiger partial charge in [0, 0.05) is 23.5 Å². The number of benzene rings is 3. The van der Waals surface area contributed by atoms with E-state index in [2.05, 4.69) is 10.6 Å². The van der Waals surface area contributed by atoms with Crippen LogP contribution in [0.4, 0.5) is 29.3 Å². The Kier molecular flexibility index (Phi) is 7.34. The number of amides is 2. The maximum absolute atomic E-state index is 13.5. The van der Waals surface area contributed by atoms with E-state index in [0.717, 1.165) is 17.7 Å². The third-order valence-corrected chi connectivity index (χ3v) is 4.85. The van der Waals surface area contributed by atoms with Gasteiger partial charge >= 0.3 is 12.3 Å². The molecular formula is C24H22F3N3O3. The number of hydrogen-bond acceptors (Lipinski definition) is 4. The van der Waals surface area contributed by atoms with E-state index in [1.807, 2.05) is 0 Å². The number of anilines is 2. The fourth-order valence-corrected chi connectivity index (χ4v) is 3.09. The first kappa shape index (κ1) is 23.8. The average Bonchev–Trinajstić information content (AvgIpc) is 2.79. The minimum atomic E-state index is -4.73. The third-order valence-electron chi connectivity index (χ3n) is 4.85. The lowest BCUT2D eigenvalue weighted by Crippen LogP contribution is -2.20. The molecule has 9 heteroatoms. The highest BCUT2D eigenvalue weighted by atomic mass is 19.4. The minimum Gasteiger partial charge on any atom is -0.444 e. The van der Waals surface area contributed by atoms with Gasteiger partial charge in [0.05, 0.1) is 5.56 Å². The Hall–Kier alpha value is -3.85. The monoisotopic (exact) mass is 457 g/mol. The number of alkyl halides is 3. The van der Waals surface area contributed by atoms with E-state index in [9.17, 15) is 22.8 Å². The van der Waals surface area contributed by atoms with Crippen molar-refractivity contribution in [2.24, 2.45) is 5.73 Å². The van der Waals surface area contributed by atoms with Crippen molar-refractivity contribution in [3.63, 3.8) is 0 Å². The zero-order chi connectivity index (χ0) is 24.0. The zero-order valence-corrected chi connectivity index (χ0v) is 17.7. The molecule has 3 aromatic carbocycles. The van der Waals surface area contributed by atoms with Gasteiger partial charge in [-0.05, 0) is 47.9 Å². The summed E-state index contributed by atoms with van der Waals surface area (Å²) in [6.07, 6.45) is -5.67. The highest BCUT2D eigenvalue weighted by Crippen LogP contribution is 2.34. The predicted octanol–water partition coefficient (Wildman–Crippen LogP) is 5.47. The predicted molar refractivity (Wildman–Crippen MR) is 119 cm³/mol. The molecule has 0 aliphatic heterocycles. The number of carbonyl (C=O) groups excluding carboxylic acids is 2. The zero-order valence-electron chi connectivity index (χ0n) is 17.7. The Morgan fingerprint density at radius 2 is 1.64 bits per heavy atom. The fraction of sp³-hybridized carbons (Fsp3) is 0.167. The van der Waals surface area contributed by atoms with Crippen molar-refractivity contribution in [2.45, 2.75) is 26.3 Å². The second kappa shape index (κ2) is 10.2. The summed E-state index contributed by atoms with van der Waals surface area (Å²) in [4.78, 5) is 25.0. The quantitative estimate of drug-likeness (QED) is 0.457. The number of halogens is 3. The molecule has 3 aromatic rings. The van der Waals surface area contributed by atoms with Crippen LogP contribution in [0.15, 0.2) is 66.7 Å². The number of ether oxygens (including phenoxy) is 1. The van der Waals surface area contributed by atoms with Crippen molar-refractivity contribution in [3.8, 4) is 0 Å². The van der Waals surface area contributed by atoms with Gasteiger partial charge in [-0.25, -0.2) is 4.79 Å². The summed E-state index contributed by atoms with van der Waals surface area (Å²) in [6.45, 7) is 1.62. The van der Waals surface area contributed by atoms with E-state index in [-0.39, 0.29) is 30.0 Å². The molecule has 0 heterocycles. The van der Waals surface area contributed by atoms with E-state index in [1.54, 1.807) is 54.6 Å². The molecule has 2 amide bonds. The lowest BCUT2D eigenvalue weighted by Gasteiger charge is -2.17. The summed E-state index contributed by atoms with van der Waals surface area (Å²) in [5, 5.41) is 4.89. The van der Waals surface area contributed by atoms with E-state index in [0.29, 0.717) is 11.3 Å². The van der Waals surface area contributed by atoms with Crippen LogP contribution >= 0.6 is 0 Å². The first-order valence-electron chi connectivity index (χ1n) is 9.97. The molecule has 0 saturated heterocycles. The van der Waals surface area contributed by atoms with Crippen LogP contribution in [0.2, 0.25) is 0 Å². The molecule has 172 valence electrons. The van der Waals surface area contributed by atoms with Gasteiger partial charge < -0.3 is 15.8 Å². The van der Waals surface area contributed by atoms with Crippen molar-refractivity contribution in [1.82, 2.24) is 0 Å². The number of rotatable bonds is 6. The van der Waals surface area contributed by atoms with Gasteiger partial charge in [0.1, 0.15) is 6.61 Å². The molecule has 4 N–H and O–H groups in total. The van der Waals surface area contributed by atoms with Crippen LogP contribution in [-0.4, -0.2) is 12.0 Å². The molecule has 0 spiro atoms. The van der Waals surface area contributed by atoms with Crippen LogP contribution in [0.1, 0.15) is 32.6 Å². The number of hydrogen-bond donors (Lipinski definition) is 3. The molecule has 6 nitrogen and oxygen atoms in total. The molecule has 0 aromatic heterocycles. The summed E-state index contributed by atoms with van der Waals surface area (Å²) in [5.74, 6) is -0.756. The standard InChI is InChI=1S/C24H22F3N3O3/c1-15-20(22(31)29-19-9-5-8-17(10-19)13-28)11-18(24(25,26)27)12-21(15)30-23(32)33-14-16-6-3-2-4-7-16/h2-12H,13-14,28H2,1H3,(H,29,31)(H,30,32). The van der Waals surface area contributed by atoms with Crippen molar-refractivity contribution < 1.29 is 27.5 Å². The van der Waals surface area contributed by atoms with Gasteiger partial charge in [-0.15, -0.1) is 0 Å². The topological polar surface area (TPSA) is 93.4 Å². The largest absolute Gasteiger partial charge is 0.444 e. The highest BCUT2D eigenvalue weighted by Gasteiger charge is 2.33. The van der Waals surface area contributed by atoms with Crippen molar-refractivity contribution in [2.75, 3.05) is 10.6 Å². The minimum absolute atomic E-state index is 0.0600. The molecule has 0 radical (unpaired) electrons. The van der Waals surface area contributed by atoms with Gasteiger partial charge in [-0.3, -0.25) is 10.1 Å². The Morgan fingerprint density at radius 3 is 2.30 bits per heavy atom. The number of nitrogens with one attached hydrogen (secondary N) is 2. The first-order valence-corrected chi connectivity index (χ1v) is 9.97. The summed E-state index contributed by atoms with van der Waals surface area (Å²) in [6, 6.07) is 17.0. The van der Waals surface area contributed by atoms with Gasteiger partial charge in [-0.2, -0.15) is 13.2 Å². The molecule has 0 aliphatic carbocycles. The van der Waals surface area contributed by atoms with E-state index in [1.165, 1.54) is 6.92 Å². The summed E-state index contributed by atoms with van der Waals surface area (Å²) >= 11 is 0. The fourth-order valence-electron chi connectivity index (χ4n) is 3.09. The van der Waals surface area contributed by atoms with E-state index < -0.39 is 23.7 Å². The lowest BCUT2D eigenvalue weighted by atomic mass is 10.0. The van der Waals surface area contributed by atoms with Crippen molar-refractivity contribution in [3.05, 3.63) is 94.5 Å². The Labute approximate surface area is 188 Å². The second-order valence-electron chi connectivity index (χ2n) is 7.24. The maximum atomic E-state index is 13.5.